The molecule has 1 saturated heterocycles. The standard InChI is InChI=1S/C11H13NO3S/c13-10(7-8-3-2-6-16-8)12-5-1-4-9(12)11(14)15/h2-3,6,9H,1,4-5,7H2,(H,14,15)/t9-/m0/s1. The van der Waals surface area contributed by atoms with Gasteiger partial charge in [-0.25, -0.2) is 4.79 Å². The van der Waals surface area contributed by atoms with Crippen LogP contribution in [0.2, 0.25) is 0 Å². The quantitative estimate of drug-likeness (QED) is 0.866. The van der Waals surface area contributed by atoms with Gasteiger partial charge in [-0.1, -0.05) is 6.07 Å². The lowest BCUT2D eigenvalue weighted by molar-refractivity contribution is -0.147. The highest BCUT2D eigenvalue weighted by atomic mass is 32.1. The predicted molar refractivity (Wildman–Crippen MR) is 60.4 cm³/mol. The van der Waals surface area contributed by atoms with Crippen LogP contribution in [0.25, 0.3) is 0 Å². The van der Waals surface area contributed by atoms with Crippen LogP contribution in [0, 0.1) is 0 Å². The van der Waals surface area contributed by atoms with Crippen molar-refractivity contribution >= 4 is 23.2 Å². The minimum Gasteiger partial charge on any atom is -0.480 e. The van der Waals surface area contributed by atoms with Crippen molar-refractivity contribution in [3.63, 3.8) is 0 Å². The van der Waals surface area contributed by atoms with Crippen LogP contribution in [0.1, 0.15) is 17.7 Å². The summed E-state index contributed by atoms with van der Waals surface area (Å²) in [6, 6.07) is 3.17. The molecular formula is C11H13NO3S. The van der Waals surface area contributed by atoms with Gasteiger partial charge in [-0.15, -0.1) is 11.3 Å². The molecule has 1 N–H and O–H groups in total. The second kappa shape index (κ2) is 4.65. The lowest BCUT2D eigenvalue weighted by atomic mass is 10.2. The number of carbonyl (C=O) groups excluding carboxylic acids is 1. The van der Waals surface area contributed by atoms with Crippen molar-refractivity contribution in [1.29, 1.82) is 0 Å². The summed E-state index contributed by atoms with van der Waals surface area (Å²) in [5, 5.41) is 10.9. The fourth-order valence-electron chi connectivity index (χ4n) is 1.99. The van der Waals surface area contributed by atoms with E-state index in [0.29, 0.717) is 19.4 Å². The fourth-order valence-corrected chi connectivity index (χ4v) is 2.68. The van der Waals surface area contributed by atoms with Gasteiger partial charge in [-0.3, -0.25) is 4.79 Å². The Morgan fingerprint density at radius 2 is 2.38 bits per heavy atom. The van der Waals surface area contributed by atoms with E-state index >= 15 is 0 Å². The predicted octanol–water partition coefficient (Wildman–Crippen LogP) is 1.37. The molecule has 86 valence electrons. The normalized spacial score (nSPS) is 20.0. The van der Waals surface area contributed by atoms with Crippen molar-refractivity contribution in [1.82, 2.24) is 4.90 Å². The summed E-state index contributed by atoms with van der Waals surface area (Å²) < 4.78 is 0. The average Bonchev–Trinajstić information content (AvgIpc) is 2.86. The van der Waals surface area contributed by atoms with Gasteiger partial charge >= 0.3 is 5.97 Å². The van der Waals surface area contributed by atoms with E-state index in [-0.39, 0.29) is 5.91 Å². The van der Waals surface area contributed by atoms with Crippen LogP contribution in [0.4, 0.5) is 0 Å². The highest BCUT2D eigenvalue weighted by molar-refractivity contribution is 7.10. The Morgan fingerprint density at radius 1 is 1.56 bits per heavy atom. The minimum absolute atomic E-state index is 0.0765. The number of carboxylic acids is 1. The van der Waals surface area contributed by atoms with E-state index in [1.165, 1.54) is 16.2 Å². The number of hydrogen-bond acceptors (Lipinski definition) is 3. The maximum absolute atomic E-state index is 11.9. The molecule has 0 radical (unpaired) electrons. The monoisotopic (exact) mass is 239 g/mol. The molecule has 4 nitrogen and oxygen atoms in total. The molecule has 0 bridgehead atoms. The molecule has 0 aliphatic carbocycles. The van der Waals surface area contributed by atoms with Gasteiger partial charge in [0, 0.05) is 11.4 Å². The number of carbonyl (C=O) groups is 2. The first kappa shape index (κ1) is 11.1. The van der Waals surface area contributed by atoms with Crippen LogP contribution >= 0.6 is 11.3 Å². The van der Waals surface area contributed by atoms with Gasteiger partial charge in [0.25, 0.3) is 0 Å². The molecule has 1 aromatic heterocycles. The van der Waals surface area contributed by atoms with Crippen molar-refractivity contribution in [2.75, 3.05) is 6.54 Å². The number of carboxylic acid groups (broad SMARTS) is 1. The zero-order valence-electron chi connectivity index (χ0n) is 8.76. The van der Waals surface area contributed by atoms with Gasteiger partial charge in [0.1, 0.15) is 6.04 Å². The van der Waals surface area contributed by atoms with Crippen molar-refractivity contribution in [2.24, 2.45) is 0 Å². The van der Waals surface area contributed by atoms with Crippen molar-refractivity contribution in [2.45, 2.75) is 25.3 Å². The van der Waals surface area contributed by atoms with E-state index in [1.54, 1.807) is 0 Å². The number of amides is 1. The fraction of sp³-hybridized carbons (Fsp3) is 0.455. The van der Waals surface area contributed by atoms with Gasteiger partial charge in [-0.2, -0.15) is 0 Å². The number of rotatable bonds is 3. The van der Waals surface area contributed by atoms with Crippen LogP contribution in [0.3, 0.4) is 0 Å². The lowest BCUT2D eigenvalue weighted by Crippen LogP contribution is -2.41. The van der Waals surface area contributed by atoms with Crippen LogP contribution in [-0.4, -0.2) is 34.5 Å². The zero-order chi connectivity index (χ0) is 11.5. The lowest BCUT2D eigenvalue weighted by Gasteiger charge is -2.20. The van der Waals surface area contributed by atoms with Crippen molar-refractivity contribution in [3.05, 3.63) is 22.4 Å². The summed E-state index contributed by atoms with van der Waals surface area (Å²) >= 11 is 1.52. The van der Waals surface area contributed by atoms with Crippen molar-refractivity contribution in [3.8, 4) is 0 Å². The molecule has 5 heteroatoms. The molecule has 2 heterocycles. The van der Waals surface area contributed by atoms with Gasteiger partial charge < -0.3 is 10.0 Å². The zero-order valence-corrected chi connectivity index (χ0v) is 9.57. The first-order valence-corrected chi connectivity index (χ1v) is 6.11. The number of hydrogen-bond donors (Lipinski definition) is 1. The summed E-state index contributed by atoms with van der Waals surface area (Å²) in [6.07, 6.45) is 1.68. The second-order valence-electron chi connectivity index (χ2n) is 3.84. The Balaban J connectivity index is 2.01. The first-order valence-electron chi connectivity index (χ1n) is 5.23. The van der Waals surface area contributed by atoms with E-state index in [2.05, 4.69) is 0 Å². The molecule has 0 unspecified atom stereocenters. The van der Waals surface area contributed by atoms with E-state index < -0.39 is 12.0 Å². The summed E-state index contributed by atoms with van der Waals surface area (Å²) in [6.45, 7) is 0.571. The molecular weight excluding hydrogens is 226 g/mol. The summed E-state index contributed by atoms with van der Waals surface area (Å²) in [5.41, 5.74) is 0. The molecule has 0 aromatic carbocycles. The molecule has 1 aliphatic heterocycles. The van der Waals surface area contributed by atoms with Gasteiger partial charge in [-0.05, 0) is 24.3 Å². The average molecular weight is 239 g/mol. The molecule has 1 fully saturated rings. The summed E-state index contributed by atoms with van der Waals surface area (Å²) in [7, 11) is 0. The van der Waals surface area contributed by atoms with Gasteiger partial charge in [0.05, 0.1) is 6.42 Å². The Labute approximate surface area is 97.5 Å². The minimum atomic E-state index is -0.892. The Hall–Kier alpha value is -1.36. The maximum Gasteiger partial charge on any atom is 0.326 e. The van der Waals surface area contributed by atoms with Crippen LogP contribution in [0.5, 0.6) is 0 Å². The Morgan fingerprint density at radius 3 is 3.00 bits per heavy atom. The molecule has 0 saturated carbocycles. The van der Waals surface area contributed by atoms with E-state index in [0.717, 1.165) is 11.3 Å². The van der Waals surface area contributed by atoms with Crippen molar-refractivity contribution < 1.29 is 14.7 Å². The highest BCUT2D eigenvalue weighted by Crippen LogP contribution is 2.19. The number of nitrogens with zero attached hydrogens (tertiary/aromatic N) is 1. The Kier molecular flexibility index (Phi) is 3.24. The van der Waals surface area contributed by atoms with Gasteiger partial charge in [0.15, 0.2) is 0 Å². The van der Waals surface area contributed by atoms with Crippen LogP contribution < -0.4 is 0 Å². The Bertz CT molecular complexity index is 388. The topological polar surface area (TPSA) is 57.6 Å². The molecule has 0 spiro atoms. The maximum atomic E-state index is 11.9. The third kappa shape index (κ3) is 2.24. The third-order valence-corrected chi connectivity index (χ3v) is 3.64. The smallest absolute Gasteiger partial charge is 0.326 e. The van der Waals surface area contributed by atoms with E-state index in [1.807, 2.05) is 17.5 Å². The number of likely N-dealkylation sites (tertiary alicyclic amines) is 1. The van der Waals surface area contributed by atoms with Crippen LogP contribution in [-0.2, 0) is 16.0 Å². The second-order valence-corrected chi connectivity index (χ2v) is 4.87. The first-order chi connectivity index (χ1) is 7.68. The summed E-state index contributed by atoms with van der Waals surface area (Å²) in [5.74, 6) is -0.968. The summed E-state index contributed by atoms with van der Waals surface area (Å²) in [4.78, 5) is 25.3. The number of aliphatic carboxylic acids is 1. The van der Waals surface area contributed by atoms with Gasteiger partial charge in [0.2, 0.25) is 5.91 Å². The number of thiophene rings is 1. The van der Waals surface area contributed by atoms with Crippen LogP contribution in [0.15, 0.2) is 17.5 Å². The molecule has 1 atom stereocenters. The van der Waals surface area contributed by atoms with E-state index in [9.17, 15) is 9.59 Å². The largest absolute Gasteiger partial charge is 0.480 e. The highest BCUT2D eigenvalue weighted by Gasteiger charge is 2.33. The van der Waals surface area contributed by atoms with E-state index in [4.69, 9.17) is 5.11 Å². The molecule has 2 rings (SSSR count). The molecule has 16 heavy (non-hydrogen) atoms. The molecule has 1 amide bonds. The SMILES string of the molecule is O=C(O)[C@@H]1CCCN1C(=O)Cc1cccs1. The third-order valence-electron chi connectivity index (χ3n) is 2.76. The molecule has 1 aliphatic rings. The molecule has 1 aromatic rings.